The van der Waals surface area contributed by atoms with Gasteiger partial charge in [0.25, 0.3) is 0 Å². The molecule has 1 aromatic rings. The fourth-order valence-electron chi connectivity index (χ4n) is 1.96. The Kier molecular flexibility index (Phi) is 4.95. The van der Waals surface area contributed by atoms with Crippen molar-refractivity contribution in [2.75, 3.05) is 13.2 Å². The normalized spacial score (nSPS) is 24.4. The summed E-state index contributed by atoms with van der Waals surface area (Å²) < 4.78 is 11.3. The SMILES string of the molecule is CCNCc1ccc(CSC2CCOC2C)o1. The first-order valence-electron chi connectivity index (χ1n) is 6.31. The minimum atomic E-state index is 0.385. The zero-order chi connectivity index (χ0) is 12.1. The molecule has 2 unspecified atom stereocenters. The highest BCUT2D eigenvalue weighted by Gasteiger charge is 2.24. The number of ether oxygens (including phenoxy) is 1. The number of rotatable bonds is 6. The van der Waals surface area contributed by atoms with E-state index in [9.17, 15) is 0 Å². The van der Waals surface area contributed by atoms with E-state index >= 15 is 0 Å². The van der Waals surface area contributed by atoms with Crippen LogP contribution in [0.5, 0.6) is 0 Å². The number of thioether (sulfide) groups is 1. The van der Waals surface area contributed by atoms with Crippen LogP contribution in [0.25, 0.3) is 0 Å². The minimum Gasteiger partial charge on any atom is -0.464 e. The summed E-state index contributed by atoms with van der Waals surface area (Å²) in [5.41, 5.74) is 0. The van der Waals surface area contributed by atoms with Crippen LogP contribution in [0.4, 0.5) is 0 Å². The Morgan fingerprint density at radius 1 is 1.41 bits per heavy atom. The fraction of sp³-hybridized carbons (Fsp3) is 0.692. The summed E-state index contributed by atoms with van der Waals surface area (Å²) in [4.78, 5) is 0. The Hall–Kier alpha value is -0.450. The molecule has 0 amide bonds. The van der Waals surface area contributed by atoms with Crippen LogP contribution < -0.4 is 5.32 Å². The van der Waals surface area contributed by atoms with E-state index < -0.39 is 0 Å². The first-order chi connectivity index (χ1) is 8.29. The highest BCUT2D eigenvalue weighted by molar-refractivity contribution is 7.99. The summed E-state index contributed by atoms with van der Waals surface area (Å²) in [6, 6.07) is 4.15. The van der Waals surface area contributed by atoms with E-state index in [0.717, 1.165) is 43.4 Å². The lowest BCUT2D eigenvalue weighted by atomic mass is 10.3. The molecule has 0 aromatic carbocycles. The van der Waals surface area contributed by atoms with E-state index in [4.69, 9.17) is 9.15 Å². The van der Waals surface area contributed by atoms with Crippen LogP contribution in [0.3, 0.4) is 0 Å². The molecule has 1 saturated heterocycles. The van der Waals surface area contributed by atoms with Gasteiger partial charge in [0.05, 0.1) is 18.4 Å². The van der Waals surface area contributed by atoms with Crippen LogP contribution >= 0.6 is 11.8 Å². The molecule has 4 heteroatoms. The molecule has 1 aliphatic rings. The van der Waals surface area contributed by atoms with Crippen molar-refractivity contribution in [3.05, 3.63) is 23.7 Å². The highest BCUT2D eigenvalue weighted by atomic mass is 32.2. The predicted octanol–water partition coefficient (Wildman–Crippen LogP) is 2.80. The van der Waals surface area contributed by atoms with Crippen molar-refractivity contribution in [3.8, 4) is 0 Å². The highest BCUT2D eigenvalue weighted by Crippen LogP contribution is 2.29. The van der Waals surface area contributed by atoms with Gasteiger partial charge in [-0.1, -0.05) is 6.92 Å². The standard InChI is InChI=1S/C13H21NO2S/c1-3-14-8-11-4-5-12(16-11)9-17-13-6-7-15-10(13)2/h4-5,10,13-14H,3,6-9H2,1-2H3. The lowest BCUT2D eigenvalue weighted by Gasteiger charge is -2.12. The van der Waals surface area contributed by atoms with Crippen LogP contribution in [-0.4, -0.2) is 24.5 Å². The van der Waals surface area contributed by atoms with Crippen LogP contribution in [0.15, 0.2) is 16.5 Å². The molecule has 2 heterocycles. The number of furan rings is 1. The summed E-state index contributed by atoms with van der Waals surface area (Å²) in [6.45, 7) is 6.96. The predicted molar refractivity (Wildman–Crippen MR) is 71.2 cm³/mol. The van der Waals surface area contributed by atoms with E-state index in [-0.39, 0.29) is 0 Å². The quantitative estimate of drug-likeness (QED) is 0.847. The Balaban J connectivity index is 1.76. The maximum atomic E-state index is 5.76. The van der Waals surface area contributed by atoms with Gasteiger partial charge in [-0.05, 0) is 32.0 Å². The smallest absolute Gasteiger partial charge is 0.117 e. The Morgan fingerprint density at radius 2 is 2.24 bits per heavy atom. The second-order valence-electron chi connectivity index (χ2n) is 4.36. The van der Waals surface area contributed by atoms with E-state index in [2.05, 4.69) is 31.3 Å². The number of nitrogens with one attached hydrogen (secondary N) is 1. The summed E-state index contributed by atoms with van der Waals surface area (Å²) in [7, 11) is 0. The molecule has 1 aliphatic heterocycles. The maximum absolute atomic E-state index is 5.76. The molecule has 1 fully saturated rings. The third kappa shape index (κ3) is 3.76. The van der Waals surface area contributed by atoms with Gasteiger partial charge in [0, 0.05) is 11.9 Å². The van der Waals surface area contributed by atoms with Crippen molar-refractivity contribution < 1.29 is 9.15 Å². The van der Waals surface area contributed by atoms with Gasteiger partial charge >= 0.3 is 0 Å². The molecular weight excluding hydrogens is 234 g/mol. The molecule has 1 N–H and O–H groups in total. The molecule has 0 aliphatic carbocycles. The topological polar surface area (TPSA) is 34.4 Å². The van der Waals surface area contributed by atoms with Crippen molar-refractivity contribution in [2.45, 2.75) is 43.9 Å². The summed E-state index contributed by atoms with van der Waals surface area (Å²) in [5.74, 6) is 3.05. The lowest BCUT2D eigenvalue weighted by Crippen LogP contribution is -2.13. The molecule has 2 atom stereocenters. The molecule has 1 aromatic heterocycles. The van der Waals surface area contributed by atoms with Crippen molar-refractivity contribution in [2.24, 2.45) is 0 Å². The minimum absolute atomic E-state index is 0.385. The van der Waals surface area contributed by atoms with Crippen LogP contribution in [0, 0.1) is 0 Å². The summed E-state index contributed by atoms with van der Waals surface area (Å²) >= 11 is 1.94. The second-order valence-corrected chi connectivity index (χ2v) is 5.59. The molecule has 0 spiro atoms. The third-order valence-electron chi connectivity index (χ3n) is 3.01. The van der Waals surface area contributed by atoms with Gasteiger partial charge in [0.1, 0.15) is 11.5 Å². The second kappa shape index (κ2) is 6.47. The van der Waals surface area contributed by atoms with Crippen LogP contribution in [-0.2, 0) is 17.0 Å². The van der Waals surface area contributed by atoms with E-state index in [0.29, 0.717) is 11.4 Å². The van der Waals surface area contributed by atoms with Crippen molar-refractivity contribution in [3.63, 3.8) is 0 Å². The molecule has 3 nitrogen and oxygen atoms in total. The monoisotopic (exact) mass is 255 g/mol. The molecule has 96 valence electrons. The largest absolute Gasteiger partial charge is 0.464 e. The van der Waals surface area contributed by atoms with E-state index in [1.54, 1.807) is 0 Å². The Bertz CT molecular complexity index is 340. The summed E-state index contributed by atoms with van der Waals surface area (Å²) in [6.07, 6.45) is 1.55. The average molecular weight is 255 g/mol. The Labute approximate surface area is 107 Å². The van der Waals surface area contributed by atoms with Gasteiger partial charge in [-0.25, -0.2) is 0 Å². The molecule has 17 heavy (non-hydrogen) atoms. The lowest BCUT2D eigenvalue weighted by molar-refractivity contribution is 0.127. The molecular formula is C13H21NO2S. The van der Waals surface area contributed by atoms with E-state index in [1.165, 1.54) is 0 Å². The van der Waals surface area contributed by atoms with Crippen molar-refractivity contribution in [1.82, 2.24) is 5.32 Å². The van der Waals surface area contributed by atoms with Gasteiger partial charge in [-0.3, -0.25) is 0 Å². The zero-order valence-corrected chi connectivity index (χ0v) is 11.4. The van der Waals surface area contributed by atoms with Gasteiger partial charge in [-0.15, -0.1) is 11.8 Å². The zero-order valence-electron chi connectivity index (χ0n) is 10.6. The molecule has 0 saturated carbocycles. The van der Waals surface area contributed by atoms with Gasteiger partial charge in [0.15, 0.2) is 0 Å². The Morgan fingerprint density at radius 3 is 2.94 bits per heavy atom. The molecule has 2 rings (SSSR count). The van der Waals surface area contributed by atoms with Crippen molar-refractivity contribution in [1.29, 1.82) is 0 Å². The number of hydrogen-bond donors (Lipinski definition) is 1. The van der Waals surface area contributed by atoms with Gasteiger partial charge in [-0.2, -0.15) is 0 Å². The first-order valence-corrected chi connectivity index (χ1v) is 7.36. The first kappa shape index (κ1) is 13.0. The molecule has 0 bridgehead atoms. The van der Waals surface area contributed by atoms with E-state index in [1.807, 2.05) is 11.8 Å². The van der Waals surface area contributed by atoms with Gasteiger partial charge < -0.3 is 14.5 Å². The van der Waals surface area contributed by atoms with Gasteiger partial charge in [0.2, 0.25) is 0 Å². The van der Waals surface area contributed by atoms with Crippen molar-refractivity contribution >= 4 is 11.8 Å². The summed E-state index contributed by atoms with van der Waals surface area (Å²) in [5, 5.41) is 3.88. The van der Waals surface area contributed by atoms with Crippen LogP contribution in [0.1, 0.15) is 31.8 Å². The average Bonchev–Trinajstić information content (AvgIpc) is 2.93. The fourth-order valence-corrected chi connectivity index (χ4v) is 3.11. The maximum Gasteiger partial charge on any atom is 0.117 e. The molecule has 0 radical (unpaired) electrons. The van der Waals surface area contributed by atoms with Crippen LogP contribution in [0.2, 0.25) is 0 Å². The third-order valence-corrected chi connectivity index (χ3v) is 4.51. The number of hydrogen-bond acceptors (Lipinski definition) is 4.